The summed E-state index contributed by atoms with van der Waals surface area (Å²) in [6, 6.07) is 104. The van der Waals surface area contributed by atoms with Crippen LogP contribution in [0.4, 0.5) is 0 Å². The first kappa shape index (κ1) is 49.6. The summed E-state index contributed by atoms with van der Waals surface area (Å²) in [4.78, 5) is 17.8. The lowest BCUT2D eigenvalue weighted by molar-refractivity contribution is 1.05. The number of hydrogen-bond acceptors (Lipinski definition) is 5. The van der Waals surface area contributed by atoms with E-state index in [4.69, 9.17) is 15.0 Å². The summed E-state index contributed by atoms with van der Waals surface area (Å²) in [6.07, 6.45) is 0. The average Bonchev–Trinajstić information content (AvgIpc) is 1.51. The first-order valence-electron chi connectivity index (χ1n) is 30.4. The Kier molecular flexibility index (Phi) is 10.5. The van der Waals surface area contributed by atoms with Gasteiger partial charge in [-0.25, -0.2) is 15.0 Å². The number of fused-ring (bicyclic) bond motifs is 18. The summed E-state index contributed by atoms with van der Waals surface area (Å²) in [5.41, 5.74) is 15.5. The van der Waals surface area contributed by atoms with Crippen LogP contribution in [0.3, 0.4) is 0 Å². The van der Waals surface area contributed by atoms with E-state index >= 15 is 0 Å². The number of para-hydroxylation sites is 8. The van der Waals surface area contributed by atoms with Crippen molar-refractivity contribution in [3.63, 3.8) is 0 Å². The van der Waals surface area contributed by atoms with Crippen molar-refractivity contribution in [3.8, 4) is 56.9 Å². The molecule has 20 aromatic rings. The smallest absolute Gasteiger partial charge is 0.166 e. The minimum absolute atomic E-state index is 0.556. The molecule has 0 N–H and O–H groups in total. The summed E-state index contributed by atoms with van der Waals surface area (Å²) >= 11 is 3.63. The Hall–Kier alpha value is -11.5. The van der Waals surface area contributed by atoms with Crippen molar-refractivity contribution in [2.24, 2.45) is 0 Å². The standard InChI is InChI=1S/C81H47N7S2/c1-2-24-48(25-3-1)79-82-80(59-46-71-73(57-34-12-22-44-69(57)89-71)77(87-65-40-18-8-30-53(65)54-31-9-19-41-66(54)87)75(59)85-61-36-14-4-26-49(61)50-27-5-15-37-62(50)85)84-81(83-79)60-47-72-74(58-35-13-23-45-70(58)90-72)78(88-67-42-20-10-32-55(67)56-33-11-21-43-68(56)88)76(60)86-63-38-16-6-28-51(63)52-29-7-17-39-64(52)86/h1-47H. The molecule has 13 aromatic carbocycles. The van der Waals surface area contributed by atoms with Crippen molar-refractivity contribution in [3.05, 3.63) is 285 Å². The molecule has 0 saturated carbocycles. The van der Waals surface area contributed by atoms with Crippen LogP contribution in [-0.4, -0.2) is 33.2 Å². The Morgan fingerprint density at radius 1 is 0.211 bits per heavy atom. The second-order valence-electron chi connectivity index (χ2n) is 23.3. The Morgan fingerprint density at radius 2 is 0.456 bits per heavy atom. The van der Waals surface area contributed by atoms with Gasteiger partial charge in [0.1, 0.15) is 0 Å². The number of rotatable bonds is 7. The third kappa shape index (κ3) is 6.95. The molecule has 20 rings (SSSR count). The lowest BCUT2D eigenvalue weighted by Gasteiger charge is -2.23. The molecule has 7 heterocycles. The van der Waals surface area contributed by atoms with E-state index in [1.54, 1.807) is 0 Å². The van der Waals surface area contributed by atoms with E-state index < -0.39 is 0 Å². The van der Waals surface area contributed by atoms with Gasteiger partial charge in [-0.3, -0.25) is 0 Å². The Balaban J connectivity index is 1.02. The van der Waals surface area contributed by atoms with Crippen LogP contribution in [-0.2, 0) is 0 Å². The van der Waals surface area contributed by atoms with E-state index in [9.17, 15) is 0 Å². The molecule has 0 saturated heterocycles. The molecule has 0 aliphatic carbocycles. The van der Waals surface area contributed by atoms with E-state index in [1.807, 2.05) is 22.7 Å². The Morgan fingerprint density at radius 3 is 0.767 bits per heavy atom. The van der Waals surface area contributed by atoms with Gasteiger partial charge in [0.15, 0.2) is 17.5 Å². The molecule has 0 spiro atoms. The maximum absolute atomic E-state index is 6.12. The van der Waals surface area contributed by atoms with Crippen molar-refractivity contribution in [2.45, 2.75) is 0 Å². The predicted molar refractivity (Wildman–Crippen MR) is 379 cm³/mol. The number of benzene rings is 13. The molecule has 0 bridgehead atoms. The van der Waals surface area contributed by atoms with E-state index in [-0.39, 0.29) is 0 Å². The van der Waals surface area contributed by atoms with E-state index in [0.717, 1.165) is 115 Å². The van der Waals surface area contributed by atoms with Crippen molar-refractivity contribution < 1.29 is 0 Å². The van der Waals surface area contributed by atoms with Gasteiger partial charge in [0, 0.05) is 100 Å². The molecule has 0 fully saturated rings. The zero-order valence-electron chi connectivity index (χ0n) is 48.1. The lowest BCUT2D eigenvalue weighted by atomic mass is 10.0. The first-order valence-corrected chi connectivity index (χ1v) is 32.1. The zero-order chi connectivity index (χ0) is 58.7. The first-order chi connectivity index (χ1) is 44.7. The molecular weight excluding hydrogens is 1140 g/mol. The molecular formula is C81H47N7S2. The van der Waals surface area contributed by atoms with Crippen LogP contribution >= 0.6 is 22.7 Å². The molecule has 7 nitrogen and oxygen atoms in total. The van der Waals surface area contributed by atoms with Crippen LogP contribution in [0.5, 0.6) is 0 Å². The molecule has 0 atom stereocenters. The van der Waals surface area contributed by atoms with Crippen LogP contribution < -0.4 is 0 Å². The fourth-order valence-corrected chi connectivity index (χ4v) is 17.2. The molecule has 90 heavy (non-hydrogen) atoms. The SMILES string of the molecule is c1ccc(-c2nc(-c3cc4sc5ccccc5c4c(-n4c5ccccc5c5ccccc54)c3-n3c4ccccc4c4ccccc43)nc(-c3cc4sc5ccccc5c4c(-n4c5ccccc5c5ccccc54)c3-n3c4ccccc4c4ccccc43)n2)cc1. The molecule has 418 valence electrons. The number of nitrogens with zero attached hydrogens (tertiary/aromatic N) is 7. The van der Waals surface area contributed by atoms with Gasteiger partial charge in [-0.15, -0.1) is 22.7 Å². The van der Waals surface area contributed by atoms with Crippen LogP contribution in [0.1, 0.15) is 0 Å². The van der Waals surface area contributed by atoms with Crippen LogP contribution in [0.15, 0.2) is 285 Å². The highest BCUT2D eigenvalue weighted by molar-refractivity contribution is 7.26. The maximum Gasteiger partial charge on any atom is 0.166 e. The van der Waals surface area contributed by atoms with E-state index in [2.05, 4.69) is 303 Å². The van der Waals surface area contributed by atoms with Gasteiger partial charge >= 0.3 is 0 Å². The largest absolute Gasteiger partial charge is 0.307 e. The van der Waals surface area contributed by atoms with E-state index in [1.165, 1.54) is 52.5 Å². The highest BCUT2D eigenvalue weighted by Gasteiger charge is 2.32. The van der Waals surface area contributed by atoms with Gasteiger partial charge in [0.05, 0.1) is 66.9 Å². The highest BCUT2D eigenvalue weighted by atomic mass is 32.1. The summed E-state index contributed by atoms with van der Waals surface area (Å²) in [5.74, 6) is 1.68. The number of hydrogen-bond donors (Lipinski definition) is 0. The average molecular weight is 1180 g/mol. The second kappa shape index (κ2) is 19.0. The molecule has 0 amide bonds. The summed E-state index contributed by atoms with van der Waals surface area (Å²) < 4.78 is 14.7. The van der Waals surface area contributed by atoms with E-state index in [0.29, 0.717) is 17.5 Å². The lowest BCUT2D eigenvalue weighted by Crippen LogP contribution is -2.10. The monoisotopic (exact) mass is 1180 g/mol. The van der Waals surface area contributed by atoms with Gasteiger partial charge in [-0.2, -0.15) is 0 Å². The highest BCUT2D eigenvalue weighted by Crippen LogP contribution is 2.52. The van der Waals surface area contributed by atoms with Gasteiger partial charge in [-0.1, -0.05) is 212 Å². The fourth-order valence-electron chi connectivity index (χ4n) is 14.9. The van der Waals surface area contributed by atoms with Crippen molar-refractivity contribution in [2.75, 3.05) is 0 Å². The summed E-state index contributed by atoms with van der Waals surface area (Å²) in [7, 11) is 0. The minimum atomic E-state index is 0.556. The molecule has 0 aliphatic rings. The topological polar surface area (TPSA) is 58.4 Å². The molecule has 7 aromatic heterocycles. The normalized spacial score (nSPS) is 12.2. The number of aromatic nitrogens is 7. The van der Waals surface area contributed by atoms with Crippen LogP contribution in [0.2, 0.25) is 0 Å². The molecule has 0 radical (unpaired) electrons. The Bertz CT molecular complexity index is 5850. The minimum Gasteiger partial charge on any atom is -0.307 e. The third-order valence-electron chi connectivity index (χ3n) is 18.6. The summed E-state index contributed by atoms with van der Waals surface area (Å²) in [6.45, 7) is 0. The van der Waals surface area contributed by atoms with Gasteiger partial charge in [-0.05, 0) is 72.8 Å². The van der Waals surface area contributed by atoms with Crippen molar-refractivity contribution in [1.29, 1.82) is 0 Å². The third-order valence-corrected chi connectivity index (χ3v) is 20.8. The molecule has 0 aliphatic heterocycles. The predicted octanol–water partition coefficient (Wildman–Crippen LogP) is 22.0. The fraction of sp³-hybridized carbons (Fsp3) is 0. The van der Waals surface area contributed by atoms with Gasteiger partial charge in [0.2, 0.25) is 0 Å². The number of thiophene rings is 2. The van der Waals surface area contributed by atoms with Crippen LogP contribution in [0.25, 0.3) is 184 Å². The molecule has 9 heteroatoms. The van der Waals surface area contributed by atoms with Crippen LogP contribution in [0, 0.1) is 0 Å². The Labute approximate surface area is 522 Å². The van der Waals surface area contributed by atoms with Crippen molar-refractivity contribution >= 4 is 150 Å². The van der Waals surface area contributed by atoms with Gasteiger partial charge in [0.25, 0.3) is 0 Å². The quantitative estimate of drug-likeness (QED) is 0.160. The summed E-state index contributed by atoms with van der Waals surface area (Å²) in [5, 5.41) is 14.1. The maximum atomic E-state index is 6.12. The second-order valence-corrected chi connectivity index (χ2v) is 25.5. The van der Waals surface area contributed by atoms with Gasteiger partial charge < -0.3 is 18.3 Å². The molecule has 0 unspecified atom stereocenters. The zero-order valence-corrected chi connectivity index (χ0v) is 49.7. The van der Waals surface area contributed by atoms with Crippen molar-refractivity contribution in [1.82, 2.24) is 33.2 Å².